The van der Waals surface area contributed by atoms with Crippen LogP contribution in [0.15, 0.2) is 24.3 Å². The van der Waals surface area contributed by atoms with Gasteiger partial charge in [0.1, 0.15) is 0 Å². The van der Waals surface area contributed by atoms with Gasteiger partial charge in [0, 0.05) is 17.5 Å². The maximum atomic E-state index is 11.1. The fourth-order valence-electron chi connectivity index (χ4n) is 5.60. The average Bonchev–Trinajstić information content (AvgIpc) is 2.35. The van der Waals surface area contributed by atoms with Crippen LogP contribution in [0.4, 0.5) is 5.69 Å². The molecular weight excluding hydrogens is 282 g/mol. The van der Waals surface area contributed by atoms with Gasteiger partial charge in [0.25, 0.3) is 0 Å². The minimum atomic E-state index is -0.0164. The molecule has 2 atom stereocenters. The van der Waals surface area contributed by atoms with Gasteiger partial charge in [-0.3, -0.25) is 4.79 Å². The SMILES string of the molecule is CC(=O)Nc1ccc(C23CC4CC(CC(Cl)(C4)C2)C3)cc1. The maximum absolute atomic E-state index is 11.1. The fourth-order valence-corrected chi connectivity index (χ4v) is 6.29. The summed E-state index contributed by atoms with van der Waals surface area (Å²) in [5.41, 5.74) is 2.60. The molecule has 0 radical (unpaired) electrons. The zero-order valence-corrected chi connectivity index (χ0v) is 13.2. The largest absolute Gasteiger partial charge is 0.326 e. The third-order valence-electron chi connectivity index (χ3n) is 5.81. The van der Waals surface area contributed by atoms with Crippen molar-refractivity contribution in [3.05, 3.63) is 29.8 Å². The molecule has 4 fully saturated rings. The molecule has 4 bridgehead atoms. The topological polar surface area (TPSA) is 29.1 Å². The molecule has 4 aliphatic carbocycles. The van der Waals surface area contributed by atoms with Gasteiger partial charge in [0.05, 0.1) is 0 Å². The second-order valence-electron chi connectivity index (χ2n) is 7.65. The normalized spacial score (nSPS) is 40.3. The Kier molecular flexibility index (Phi) is 2.91. The molecule has 1 aromatic rings. The van der Waals surface area contributed by atoms with Crippen molar-refractivity contribution in [3.63, 3.8) is 0 Å². The number of alkyl halides is 1. The Labute approximate surface area is 131 Å². The van der Waals surface area contributed by atoms with E-state index in [4.69, 9.17) is 11.6 Å². The van der Waals surface area contributed by atoms with Crippen LogP contribution >= 0.6 is 11.6 Å². The molecule has 21 heavy (non-hydrogen) atoms. The first-order chi connectivity index (χ1) is 9.96. The van der Waals surface area contributed by atoms with E-state index in [2.05, 4.69) is 17.4 Å². The van der Waals surface area contributed by atoms with Gasteiger partial charge >= 0.3 is 0 Å². The molecule has 3 heteroatoms. The Balaban J connectivity index is 1.65. The summed E-state index contributed by atoms with van der Waals surface area (Å²) in [7, 11) is 0. The molecule has 0 heterocycles. The summed E-state index contributed by atoms with van der Waals surface area (Å²) in [6.45, 7) is 1.55. The number of halogens is 1. The number of nitrogens with one attached hydrogen (secondary N) is 1. The van der Waals surface area contributed by atoms with Crippen molar-refractivity contribution in [2.45, 2.75) is 55.7 Å². The van der Waals surface area contributed by atoms with E-state index < -0.39 is 0 Å². The summed E-state index contributed by atoms with van der Waals surface area (Å²) in [5.74, 6) is 1.62. The van der Waals surface area contributed by atoms with Crippen molar-refractivity contribution in [1.29, 1.82) is 0 Å². The first-order valence-corrected chi connectivity index (χ1v) is 8.41. The smallest absolute Gasteiger partial charge is 0.221 e. The number of amides is 1. The van der Waals surface area contributed by atoms with E-state index in [0.29, 0.717) is 5.41 Å². The molecule has 0 aromatic heterocycles. The van der Waals surface area contributed by atoms with Gasteiger partial charge in [0.15, 0.2) is 0 Å². The van der Waals surface area contributed by atoms with E-state index in [1.54, 1.807) is 6.92 Å². The number of carbonyl (C=O) groups is 1. The standard InChI is InChI=1S/C18H22ClNO/c1-12(21)20-16-4-2-15(3-5-16)17-7-13-6-14(8-17)10-18(19,9-13)11-17/h2-5,13-14H,6-11H2,1H3,(H,20,21). The van der Waals surface area contributed by atoms with Gasteiger partial charge in [-0.15, -0.1) is 11.6 Å². The molecule has 5 rings (SSSR count). The zero-order chi connectivity index (χ0) is 14.7. The first kappa shape index (κ1) is 13.6. The lowest BCUT2D eigenvalue weighted by Crippen LogP contribution is -2.55. The second-order valence-corrected chi connectivity index (χ2v) is 8.45. The van der Waals surface area contributed by atoms with Crippen LogP contribution in [-0.2, 0) is 10.2 Å². The van der Waals surface area contributed by atoms with E-state index in [1.165, 1.54) is 37.7 Å². The van der Waals surface area contributed by atoms with Crippen molar-refractivity contribution in [2.24, 2.45) is 11.8 Å². The Hall–Kier alpha value is -1.02. The van der Waals surface area contributed by atoms with E-state index in [-0.39, 0.29) is 10.8 Å². The van der Waals surface area contributed by atoms with Crippen LogP contribution in [0.3, 0.4) is 0 Å². The van der Waals surface area contributed by atoms with Gasteiger partial charge < -0.3 is 5.32 Å². The Morgan fingerprint density at radius 2 is 1.76 bits per heavy atom. The van der Waals surface area contributed by atoms with E-state index >= 15 is 0 Å². The fraction of sp³-hybridized carbons (Fsp3) is 0.611. The molecule has 2 nitrogen and oxygen atoms in total. The summed E-state index contributed by atoms with van der Waals surface area (Å²) in [6, 6.07) is 8.49. The van der Waals surface area contributed by atoms with Gasteiger partial charge in [-0.1, -0.05) is 12.1 Å². The third kappa shape index (κ3) is 2.28. The van der Waals surface area contributed by atoms with Crippen molar-refractivity contribution in [2.75, 3.05) is 5.32 Å². The van der Waals surface area contributed by atoms with E-state index in [9.17, 15) is 4.79 Å². The summed E-state index contributed by atoms with van der Waals surface area (Å²) in [4.78, 5) is 11.2. The Bertz CT molecular complexity index is 565. The minimum absolute atomic E-state index is 0.0164. The summed E-state index contributed by atoms with van der Waals surface area (Å²) >= 11 is 6.91. The summed E-state index contributed by atoms with van der Waals surface area (Å²) in [6.07, 6.45) is 7.57. The highest BCUT2D eigenvalue weighted by Gasteiger charge is 2.57. The lowest BCUT2D eigenvalue weighted by atomic mass is 9.47. The number of benzene rings is 1. The van der Waals surface area contributed by atoms with Gasteiger partial charge in [0.2, 0.25) is 5.91 Å². The third-order valence-corrected chi connectivity index (χ3v) is 6.25. The van der Waals surface area contributed by atoms with Gasteiger partial charge in [-0.2, -0.15) is 0 Å². The molecule has 4 aliphatic rings. The van der Waals surface area contributed by atoms with Crippen molar-refractivity contribution < 1.29 is 4.79 Å². The number of carbonyl (C=O) groups excluding carboxylic acids is 1. The number of hydrogen-bond acceptors (Lipinski definition) is 1. The molecule has 1 N–H and O–H groups in total. The van der Waals surface area contributed by atoms with Crippen molar-refractivity contribution >= 4 is 23.2 Å². The van der Waals surface area contributed by atoms with Gasteiger partial charge in [-0.05, 0) is 73.5 Å². The Morgan fingerprint density at radius 3 is 2.29 bits per heavy atom. The lowest BCUT2D eigenvalue weighted by Gasteiger charge is -2.60. The van der Waals surface area contributed by atoms with Crippen LogP contribution in [0.2, 0.25) is 0 Å². The molecule has 1 amide bonds. The summed E-state index contributed by atoms with van der Waals surface area (Å²) in [5, 5.41) is 2.85. The van der Waals surface area contributed by atoms with Crippen LogP contribution in [0, 0.1) is 11.8 Å². The average molecular weight is 304 g/mol. The molecule has 4 saturated carbocycles. The molecule has 0 aliphatic heterocycles. The number of rotatable bonds is 2. The molecule has 0 saturated heterocycles. The second kappa shape index (κ2) is 4.49. The highest BCUT2D eigenvalue weighted by molar-refractivity contribution is 6.24. The highest BCUT2D eigenvalue weighted by Crippen LogP contribution is 2.64. The molecule has 1 aromatic carbocycles. The molecule has 2 unspecified atom stereocenters. The molecule has 0 spiro atoms. The summed E-state index contributed by atoms with van der Waals surface area (Å²) < 4.78 is 0. The first-order valence-electron chi connectivity index (χ1n) is 8.04. The van der Waals surface area contributed by atoms with Crippen LogP contribution in [0.1, 0.15) is 51.0 Å². The van der Waals surface area contributed by atoms with Crippen molar-refractivity contribution in [1.82, 2.24) is 0 Å². The Morgan fingerprint density at radius 1 is 1.14 bits per heavy atom. The minimum Gasteiger partial charge on any atom is -0.326 e. The van der Waals surface area contributed by atoms with Gasteiger partial charge in [-0.25, -0.2) is 0 Å². The van der Waals surface area contributed by atoms with Crippen molar-refractivity contribution in [3.8, 4) is 0 Å². The predicted octanol–water partition coefficient (Wildman–Crippen LogP) is 4.47. The lowest BCUT2D eigenvalue weighted by molar-refractivity contribution is -0.114. The quantitative estimate of drug-likeness (QED) is 0.802. The van der Waals surface area contributed by atoms with E-state index in [1.807, 2.05) is 12.1 Å². The monoisotopic (exact) mass is 303 g/mol. The van der Waals surface area contributed by atoms with Crippen LogP contribution in [-0.4, -0.2) is 10.8 Å². The molecular formula is C18H22ClNO. The predicted molar refractivity (Wildman–Crippen MR) is 85.7 cm³/mol. The van der Waals surface area contributed by atoms with Crippen LogP contribution < -0.4 is 5.32 Å². The number of anilines is 1. The number of hydrogen-bond donors (Lipinski definition) is 1. The highest BCUT2D eigenvalue weighted by atomic mass is 35.5. The molecule has 112 valence electrons. The van der Waals surface area contributed by atoms with Crippen LogP contribution in [0.25, 0.3) is 0 Å². The maximum Gasteiger partial charge on any atom is 0.221 e. The van der Waals surface area contributed by atoms with E-state index in [0.717, 1.165) is 23.9 Å². The van der Waals surface area contributed by atoms with Crippen LogP contribution in [0.5, 0.6) is 0 Å². The zero-order valence-electron chi connectivity index (χ0n) is 12.5.